The third-order valence-corrected chi connectivity index (χ3v) is 5.94. The van der Waals surface area contributed by atoms with E-state index >= 15 is 0 Å². The average Bonchev–Trinajstić information content (AvgIpc) is 2.74. The summed E-state index contributed by atoms with van der Waals surface area (Å²) in [5.74, 6) is 0.311. The zero-order chi connectivity index (χ0) is 19.9. The summed E-state index contributed by atoms with van der Waals surface area (Å²) in [6.45, 7) is 9.09. The van der Waals surface area contributed by atoms with Gasteiger partial charge in [0.1, 0.15) is 0 Å². The predicted octanol–water partition coefficient (Wildman–Crippen LogP) is 3.88. The van der Waals surface area contributed by atoms with Crippen molar-refractivity contribution in [1.29, 1.82) is 0 Å². The fourth-order valence-electron chi connectivity index (χ4n) is 3.94. The highest BCUT2D eigenvalue weighted by molar-refractivity contribution is 5.84. The van der Waals surface area contributed by atoms with Crippen molar-refractivity contribution in [2.24, 2.45) is 5.92 Å². The normalized spacial score (nSPS) is 17.2. The van der Waals surface area contributed by atoms with Crippen LogP contribution in [0, 0.1) is 5.92 Å². The Labute approximate surface area is 169 Å². The number of likely N-dealkylation sites (N-methyl/N-ethyl adjacent to an activating group) is 1. The lowest BCUT2D eigenvalue weighted by atomic mass is 9.85. The van der Waals surface area contributed by atoms with Crippen LogP contribution in [0.15, 0.2) is 54.6 Å². The Kier molecular flexibility index (Phi) is 7.10. The van der Waals surface area contributed by atoms with Crippen LogP contribution in [-0.4, -0.2) is 44.0 Å². The highest BCUT2D eigenvalue weighted by atomic mass is 16.1. The lowest BCUT2D eigenvalue weighted by molar-refractivity contribution is -0.123. The number of nitrogens with zero attached hydrogens (tertiary/aromatic N) is 2. The second-order valence-electron chi connectivity index (χ2n) is 7.91. The van der Waals surface area contributed by atoms with E-state index < -0.39 is 0 Å². The number of benzene rings is 2. The molecule has 1 fully saturated rings. The van der Waals surface area contributed by atoms with Crippen molar-refractivity contribution in [3.63, 3.8) is 0 Å². The maximum absolute atomic E-state index is 13.1. The first-order valence-corrected chi connectivity index (χ1v) is 10.4. The molecule has 2 atom stereocenters. The van der Waals surface area contributed by atoms with E-state index in [2.05, 4.69) is 72.4 Å². The van der Waals surface area contributed by atoms with Gasteiger partial charge in [-0.15, -0.1) is 0 Å². The Morgan fingerprint density at radius 2 is 1.64 bits per heavy atom. The quantitative estimate of drug-likeness (QED) is 0.793. The predicted molar refractivity (Wildman–Crippen MR) is 117 cm³/mol. The van der Waals surface area contributed by atoms with Gasteiger partial charge in [-0.1, -0.05) is 68.8 Å². The van der Waals surface area contributed by atoms with Crippen LogP contribution in [0.2, 0.25) is 0 Å². The minimum atomic E-state index is -0.109. The Hall–Kier alpha value is -2.33. The van der Waals surface area contributed by atoms with E-state index in [1.54, 1.807) is 0 Å². The Bertz CT molecular complexity index is 753. The second-order valence-corrected chi connectivity index (χ2v) is 7.91. The van der Waals surface area contributed by atoms with Gasteiger partial charge >= 0.3 is 0 Å². The van der Waals surface area contributed by atoms with Crippen LogP contribution >= 0.6 is 0 Å². The molecule has 0 bridgehead atoms. The van der Waals surface area contributed by atoms with Crippen molar-refractivity contribution in [3.05, 3.63) is 65.7 Å². The van der Waals surface area contributed by atoms with Gasteiger partial charge in [-0.2, -0.15) is 0 Å². The molecule has 1 heterocycles. The monoisotopic (exact) mass is 379 g/mol. The van der Waals surface area contributed by atoms with Gasteiger partial charge in [-0.05, 0) is 30.2 Å². The summed E-state index contributed by atoms with van der Waals surface area (Å²) in [4.78, 5) is 17.9. The van der Waals surface area contributed by atoms with Crippen LogP contribution in [0.4, 0.5) is 5.69 Å². The topological polar surface area (TPSA) is 35.6 Å². The highest BCUT2D eigenvalue weighted by Gasteiger charge is 2.26. The highest BCUT2D eigenvalue weighted by Crippen LogP contribution is 2.28. The molecule has 1 N–H and O–H groups in total. The maximum Gasteiger partial charge on any atom is 0.228 e. The molecule has 0 saturated carbocycles. The van der Waals surface area contributed by atoms with E-state index in [0.717, 1.165) is 38.2 Å². The number of amides is 1. The number of rotatable bonds is 7. The smallest absolute Gasteiger partial charge is 0.228 e. The van der Waals surface area contributed by atoms with Crippen molar-refractivity contribution >= 4 is 11.6 Å². The third kappa shape index (κ3) is 4.93. The van der Waals surface area contributed by atoms with Crippen LogP contribution in [0.25, 0.3) is 0 Å². The van der Waals surface area contributed by atoms with Crippen molar-refractivity contribution in [2.75, 3.05) is 38.1 Å². The number of para-hydroxylation sites is 1. The van der Waals surface area contributed by atoms with E-state index in [-0.39, 0.29) is 11.8 Å². The van der Waals surface area contributed by atoms with E-state index in [4.69, 9.17) is 0 Å². The van der Waals surface area contributed by atoms with Crippen LogP contribution in [0.5, 0.6) is 0 Å². The van der Waals surface area contributed by atoms with Crippen LogP contribution in [0.1, 0.15) is 37.3 Å². The van der Waals surface area contributed by atoms with Crippen LogP contribution < -0.4 is 10.2 Å². The summed E-state index contributed by atoms with van der Waals surface area (Å²) < 4.78 is 0. The van der Waals surface area contributed by atoms with Gasteiger partial charge < -0.3 is 15.1 Å². The summed E-state index contributed by atoms with van der Waals surface area (Å²) in [5, 5.41) is 3.23. The molecule has 2 aromatic carbocycles. The number of hydrogen-bond donors (Lipinski definition) is 1. The van der Waals surface area contributed by atoms with Crippen LogP contribution in [0.3, 0.4) is 0 Å². The molecule has 2 aromatic rings. The van der Waals surface area contributed by atoms with E-state index in [1.165, 1.54) is 11.3 Å². The lowest BCUT2D eigenvalue weighted by Gasteiger charge is -2.35. The first-order valence-electron chi connectivity index (χ1n) is 10.4. The molecule has 0 aliphatic carbocycles. The fraction of sp³-hybridized carbons (Fsp3) is 0.458. The summed E-state index contributed by atoms with van der Waals surface area (Å²) in [6.07, 6.45) is 0.977. The lowest BCUT2D eigenvalue weighted by Crippen LogP contribution is -2.45. The number of nitrogens with one attached hydrogen (secondary N) is 1. The summed E-state index contributed by atoms with van der Waals surface area (Å²) in [7, 11) is 2.17. The van der Waals surface area contributed by atoms with Gasteiger partial charge in [0.05, 0.1) is 5.92 Å². The fourth-order valence-corrected chi connectivity index (χ4v) is 3.94. The minimum Gasteiger partial charge on any atom is -0.369 e. The van der Waals surface area contributed by atoms with Gasteiger partial charge in [-0.25, -0.2) is 0 Å². The molecule has 150 valence electrons. The zero-order valence-corrected chi connectivity index (χ0v) is 17.4. The van der Waals surface area contributed by atoms with Crippen LogP contribution in [-0.2, 0) is 11.3 Å². The molecular weight excluding hydrogens is 346 g/mol. The first kappa shape index (κ1) is 20.4. The van der Waals surface area contributed by atoms with Crippen molar-refractivity contribution < 1.29 is 4.79 Å². The number of carbonyl (C=O) groups is 1. The van der Waals surface area contributed by atoms with Gasteiger partial charge in [0.25, 0.3) is 0 Å². The van der Waals surface area contributed by atoms with Crippen molar-refractivity contribution in [3.8, 4) is 0 Å². The first-order chi connectivity index (χ1) is 13.6. The molecular formula is C24H33N3O. The van der Waals surface area contributed by atoms with Gasteiger partial charge in [0.15, 0.2) is 0 Å². The Balaban J connectivity index is 1.71. The SMILES string of the molecule is CCC(C)C(C(=O)NCc1ccccc1N1CCN(C)CC1)c1ccccc1. The van der Waals surface area contributed by atoms with E-state index in [1.807, 2.05) is 18.2 Å². The second kappa shape index (κ2) is 9.74. The zero-order valence-electron chi connectivity index (χ0n) is 17.4. The minimum absolute atomic E-state index is 0.109. The molecule has 1 saturated heterocycles. The molecule has 0 radical (unpaired) electrons. The number of hydrogen-bond acceptors (Lipinski definition) is 3. The number of carbonyl (C=O) groups excluding carboxylic acids is 1. The molecule has 4 nitrogen and oxygen atoms in total. The molecule has 1 aliphatic heterocycles. The largest absolute Gasteiger partial charge is 0.369 e. The molecule has 3 rings (SSSR count). The van der Waals surface area contributed by atoms with Crippen molar-refractivity contribution in [1.82, 2.24) is 10.2 Å². The van der Waals surface area contributed by atoms with Gasteiger partial charge in [0, 0.05) is 38.4 Å². The van der Waals surface area contributed by atoms with Gasteiger partial charge in [-0.3, -0.25) is 4.79 Å². The Morgan fingerprint density at radius 1 is 1.00 bits per heavy atom. The van der Waals surface area contributed by atoms with Gasteiger partial charge in [0.2, 0.25) is 5.91 Å². The molecule has 4 heteroatoms. The number of anilines is 1. The standard InChI is InChI=1S/C24H33N3O/c1-4-19(2)23(20-10-6-5-7-11-20)24(28)25-18-21-12-8-9-13-22(21)27-16-14-26(3)15-17-27/h5-13,19,23H,4,14-18H2,1-3H3,(H,25,28). The summed E-state index contributed by atoms with van der Waals surface area (Å²) >= 11 is 0. The molecule has 0 aromatic heterocycles. The molecule has 2 unspecified atom stereocenters. The molecule has 1 aliphatic rings. The molecule has 0 spiro atoms. The third-order valence-electron chi connectivity index (χ3n) is 5.94. The molecule has 1 amide bonds. The summed E-state index contributed by atoms with van der Waals surface area (Å²) in [6, 6.07) is 18.6. The summed E-state index contributed by atoms with van der Waals surface area (Å²) in [5.41, 5.74) is 3.54. The van der Waals surface area contributed by atoms with E-state index in [0.29, 0.717) is 12.5 Å². The number of piperazine rings is 1. The average molecular weight is 380 g/mol. The van der Waals surface area contributed by atoms with Crippen molar-refractivity contribution in [2.45, 2.75) is 32.7 Å². The Morgan fingerprint density at radius 3 is 2.32 bits per heavy atom. The van der Waals surface area contributed by atoms with E-state index in [9.17, 15) is 4.79 Å². The molecule has 28 heavy (non-hydrogen) atoms. The maximum atomic E-state index is 13.1.